The van der Waals surface area contributed by atoms with E-state index in [9.17, 15) is 14.4 Å². The lowest BCUT2D eigenvalue weighted by Crippen LogP contribution is -2.35. The molecule has 0 saturated carbocycles. The van der Waals surface area contributed by atoms with Crippen molar-refractivity contribution in [2.75, 3.05) is 14.2 Å². The molecule has 7 nitrogen and oxygen atoms in total. The van der Waals surface area contributed by atoms with Gasteiger partial charge in [0.05, 0.1) is 14.2 Å². The van der Waals surface area contributed by atoms with Gasteiger partial charge >= 0.3 is 5.97 Å². The van der Waals surface area contributed by atoms with E-state index < -0.39 is 23.2 Å². The third-order valence-electron chi connectivity index (χ3n) is 3.22. The summed E-state index contributed by atoms with van der Waals surface area (Å²) in [6, 6.07) is 4.39. The zero-order chi connectivity index (χ0) is 15.8. The van der Waals surface area contributed by atoms with Crippen molar-refractivity contribution in [3.05, 3.63) is 23.8 Å². The first-order chi connectivity index (χ1) is 9.82. The number of amides is 2. The van der Waals surface area contributed by atoms with E-state index in [1.54, 1.807) is 0 Å². The Morgan fingerprint density at radius 1 is 1.14 bits per heavy atom. The van der Waals surface area contributed by atoms with Crippen LogP contribution in [0.4, 0.5) is 0 Å². The highest BCUT2D eigenvalue weighted by Gasteiger charge is 2.52. The molecule has 1 saturated heterocycles. The minimum atomic E-state index is -1.37. The Hall–Kier alpha value is -2.57. The van der Waals surface area contributed by atoms with Crippen LogP contribution in [0, 0.1) is 5.41 Å². The maximum atomic E-state index is 12.3. The molecule has 2 amide bonds. The number of nitrogens with zero attached hydrogens (tertiary/aromatic N) is 1. The fourth-order valence-electron chi connectivity index (χ4n) is 1.80. The predicted octanol–water partition coefficient (Wildman–Crippen LogP) is 1.17. The smallest absolute Gasteiger partial charge is 0.348 e. The van der Waals surface area contributed by atoms with E-state index in [1.807, 2.05) is 0 Å². The molecule has 0 aliphatic carbocycles. The van der Waals surface area contributed by atoms with Crippen molar-refractivity contribution < 1.29 is 28.7 Å². The van der Waals surface area contributed by atoms with Crippen LogP contribution >= 0.6 is 0 Å². The molecule has 0 unspecified atom stereocenters. The Morgan fingerprint density at radius 2 is 1.76 bits per heavy atom. The summed E-state index contributed by atoms with van der Waals surface area (Å²) in [6.07, 6.45) is 0. The monoisotopic (exact) mass is 293 g/mol. The Balaban J connectivity index is 2.34. The van der Waals surface area contributed by atoms with E-state index in [1.165, 1.54) is 46.3 Å². The number of ether oxygens (including phenoxy) is 2. The number of hydroxylamine groups is 2. The molecule has 1 heterocycles. The highest BCUT2D eigenvalue weighted by Crippen LogP contribution is 2.32. The molecule has 1 aliphatic rings. The van der Waals surface area contributed by atoms with Gasteiger partial charge in [0.25, 0.3) is 11.8 Å². The molecule has 2 rings (SSSR count). The van der Waals surface area contributed by atoms with Gasteiger partial charge in [0.1, 0.15) is 5.41 Å². The molecule has 21 heavy (non-hydrogen) atoms. The second-order valence-corrected chi connectivity index (χ2v) is 4.98. The number of rotatable bonds is 3. The average Bonchev–Trinajstić information content (AvgIpc) is 2.69. The molecule has 0 atom stereocenters. The minimum Gasteiger partial charge on any atom is -0.493 e. The van der Waals surface area contributed by atoms with Gasteiger partial charge in [-0.05, 0) is 32.0 Å². The molecule has 112 valence electrons. The highest BCUT2D eigenvalue weighted by atomic mass is 16.7. The normalized spacial score (nSPS) is 16.7. The third-order valence-corrected chi connectivity index (χ3v) is 3.22. The average molecular weight is 293 g/mol. The van der Waals surface area contributed by atoms with Crippen molar-refractivity contribution in [2.24, 2.45) is 5.41 Å². The summed E-state index contributed by atoms with van der Waals surface area (Å²) in [6.45, 7) is 2.80. The van der Waals surface area contributed by atoms with Gasteiger partial charge in [-0.1, -0.05) is 5.06 Å². The van der Waals surface area contributed by atoms with E-state index in [0.29, 0.717) is 16.6 Å². The van der Waals surface area contributed by atoms with E-state index in [2.05, 4.69) is 0 Å². The zero-order valence-electron chi connectivity index (χ0n) is 12.1. The van der Waals surface area contributed by atoms with Crippen LogP contribution in [-0.4, -0.2) is 37.1 Å². The van der Waals surface area contributed by atoms with Gasteiger partial charge < -0.3 is 14.3 Å². The quantitative estimate of drug-likeness (QED) is 0.614. The fraction of sp³-hybridized carbons (Fsp3) is 0.357. The number of carbonyl (C=O) groups is 3. The van der Waals surface area contributed by atoms with Crippen LogP contribution in [0.1, 0.15) is 24.2 Å². The summed E-state index contributed by atoms with van der Waals surface area (Å²) in [4.78, 5) is 40.7. The lowest BCUT2D eigenvalue weighted by Gasteiger charge is -2.14. The fourth-order valence-corrected chi connectivity index (χ4v) is 1.80. The van der Waals surface area contributed by atoms with Crippen LogP contribution < -0.4 is 9.47 Å². The van der Waals surface area contributed by atoms with Gasteiger partial charge in [0, 0.05) is 5.56 Å². The second-order valence-electron chi connectivity index (χ2n) is 4.98. The van der Waals surface area contributed by atoms with Crippen molar-refractivity contribution >= 4 is 17.8 Å². The van der Waals surface area contributed by atoms with Gasteiger partial charge in [-0.15, -0.1) is 0 Å². The lowest BCUT2D eigenvalue weighted by molar-refractivity contribution is -0.168. The molecule has 1 aromatic rings. The van der Waals surface area contributed by atoms with Crippen LogP contribution in [0.3, 0.4) is 0 Å². The molecule has 1 aromatic carbocycles. The van der Waals surface area contributed by atoms with Gasteiger partial charge in [-0.25, -0.2) is 4.79 Å². The van der Waals surface area contributed by atoms with Gasteiger partial charge in [0.2, 0.25) is 0 Å². The maximum absolute atomic E-state index is 12.3. The van der Waals surface area contributed by atoms with E-state index in [4.69, 9.17) is 14.3 Å². The molecule has 1 aliphatic heterocycles. The SMILES string of the molecule is COc1ccc(C(=O)N2OC(=O)C(C)(C)C2=O)cc1OC. The van der Waals surface area contributed by atoms with Gasteiger partial charge in [0.15, 0.2) is 11.5 Å². The Kier molecular flexibility index (Phi) is 3.59. The molecule has 0 bridgehead atoms. The van der Waals surface area contributed by atoms with Crippen molar-refractivity contribution in [1.29, 1.82) is 0 Å². The largest absolute Gasteiger partial charge is 0.493 e. The number of benzene rings is 1. The van der Waals surface area contributed by atoms with Crippen molar-refractivity contribution in [3.63, 3.8) is 0 Å². The molecule has 0 N–H and O–H groups in total. The first-order valence-corrected chi connectivity index (χ1v) is 6.16. The number of imide groups is 1. The summed E-state index contributed by atoms with van der Waals surface area (Å²) >= 11 is 0. The molecule has 7 heteroatoms. The number of carbonyl (C=O) groups excluding carboxylic acids is 3. The summed E-state index contributed by atoms with van der Waals surface area (Å²) in [7, 11) is 2.89. The van der Waals surface area contributed by atoms with Crippen LogP contribution in [0.2, 0.25) is 0 Å². The van der Waals surface area contributed by atoms with Crippen molar-refractivity contribution in [3.8, 4) is 11.5 Å². The topological polar surface area (TPSA) is 82.1 Å². The Bertz CT molecular complexity index is 622. The maximum Gasteiger partial charge on any atom is 0.348 e. The second kappa shape index (κ2) is 5.08. The summed E-state index contributed by atoms with van der Waals surface area (Å²) in [5.74, 6) is -1.42. The standard InChI is InChI=1S/C14H15NO6/c1-14(2)12(17)15(21-13(14)18)11(16)8-5-6-9(19-3)10(7-8)20-4/h5-7H,1-4H3. The number of hydrogen-bond donors (Lipinski definition) is 0. The minimum absolute atomic E-state index is 0.145. The van der Waals surface area contributed by atoms with Crippen LogP contribution in [0.5, 0.6) is 11.5 Å². The zero-order valence-corrected chi connectivity index (χ0v) is 12.1. The molecule has 0 aromatic heterocycles. The molecular weight excluding hydrogens is 278 g/mol. The van der Waals surface area contributed by atoms with Crippen LogP contribution in [0.25, 0.3) is 0 Å². The van der Waals surface area contributed by atoms with Crippen molar-refractivity contribution in [1.82, 2.24) is 5.06 Å². The van der Waals surface area contributed by atoms with E-state index in [0.717, 1.165) is 0 Å². The summed E-state index contributed by atoms with van der Waals surface area (Å²) in [5, 5.41) is 0.476. The molecule has 1 fully saturated rings. The molecule has 0 spiro atoms. The Labute approximate surface area is 121 Å². The van der Waals surface area contributed by atoms with Crippen LogP contribution in [0.15, 0.2) is 18.2 Å². The molecular formula is C14H15NO6. The van der Waals surface area contributed by atoms with Gasteiger partial charge in [-0.3, -0.25) is 9.59 Å². The Morgan fingerprint density at radius 3 is 2.24 bits per heavy atom. The summed E-state index contributed by atoms with van der Waals surface area (Å²) < 4.78 is 10.2. The highest BCUT2D eigenvalue weighted by molar-refractivity contribution is 6.15. The van der Waals surface area contributed by atoms with Crippen LogP contribution in [-0.2, 0) is 14.4 Å². The first-order valence-electron chi connectivity index (χ1n) is 6.16. The van der Waals surface area contributed by atoms with Crippen molar-refractivity contribution in [2.45, 2.75) is 13.8 Å². The van der Waals surface area contributed by atoms with Gasteiger partial charge in [-0.2, -0.15) is 0 Å². The lowest BCUT2D eigenvalue weighted by atomic mass is 9.94. The van der Waals surface area contributed by atoms with E-state index in [-0.39, 0.29) is 5.56 Å². The first kappa shape index (κ1) is 14.8. The number of hydrogen-bond acceptors (Lipinski definition) is 6. The predicted molar refractivity (Wildman–Crippen MR) is 70.6 cm³/mol. The van der Waals surface area contributed by atoms with E-state index >= 15 is 0 Å². The number of methoxy groups -OCH3 is 2. The third kappa shape index (κ3) is 2.31. The molecule has 0 radical (unpaired) electrons. The summed E-state index contributed by atoms with van der Waals surface area (Å²) in [5.41, 5.74) is -1.22.